The molecule has 1 aliphatic heterocycles. The van der Waals surface area contributed by atoms with Crippen molar-refractivity contribution in [3.8, 4) is 18.1 Å². The van der Waals surface area contributed by atoms with E-state index in [9.17, 15) is 18.9 Å². The van der Waals surface area contributed by atoms with Crippen molar-refractivity contribution in [1.29, 1.82) is 0 Å². The first-order valence-electron chi connectivity index (χ1n) is 21.6. The number of hydrogen-bond donors (Lipinski definition) is 3. The van der Waals surface area contributed by atoms with Crippen LogP contribution >= 0.6 is 7.75 Å². The van der Waals surface area contributed by atoms with Crippen LogP contribution in [0, 0.1) is 18.4 Å². The predicted molar refractivity (Wildman–Crippen MR) is 230 cm³/mol. The highest BCUT2D eigenvalue weighted by atomic mass is 31.2. The van der Waals surface area contributed by atoms with Gasteiger partial charge in [-0.2, -0.15) is 19.4 Å². The van der Waals surface area contributed by atoms with Gasteiger partial charge in [-0.15, -0.1) is 6.42 Å². The van der Waals surface area contributed by atoms with Crippen LogP contribution in [0.25, 0.3) is 11.2 Å². The van der Waals surface area contributed by atoms with Gasteiger partial charge in [-0.1, -0.05) is 158 Å². The molecule has 5 atom stereocenters. The highest BCUT2D eigenvalue weighted by Gasteiger charge is 2.50. The van der Waals surface area contributed by atoms with E-state index in [1.807, 2.05) is 30.3 Å². The number of carbonyl (C=O) groups is 1. The highest BCUT2D eigenvalue weighted by Crippen LogP contribution is 2.48. The van der Waals surface area contributed by atoms with Crippen LogP contribution in [0.5, 0.6) is 5.75 Å². The number of benzene rings is 2. The van der Waals surface area contributed by atoms with Gasteiger partial charge < -0.3 is 24.8 Å². The van der Waals surface area contributed by atoms with Crippen LogP contribution in [0.15, 0.2) is 67.0 Å². The number of imidazole rings is 1. The molecule has 1 saturated heterocycles. The van der Waals surface area contributed by atoms with E-state index in [-0.39, 0.29) is 42.2 Å². The summed E-state index contributed by atoms with van der Waals surface area (Å²) in [7, 11) is -4.48. The zero-order valence-corrected chi connectivity index (χ0v) is 35.8. The molecular weight excluding hydrogens is 787 g/mol. The highest BCUT2D eigenvalue weighted by molar-refractivity contribution is 7.52. The van der Waals surface area contributed by atoms with Crippen LogP contribution in [0.2, 0.25) is 0 Å². The van der Waals surface area contributed by atoms with E-state index in [0.29, 0.717) is 6.42 Å². The van der Waals surface area contributed by atoms with Gasteiger partial charge in [0, 0.05) is 6.42 Å². The lowest BCUT2D eigenvalue weighted by Gasteiger charge is -2.30. The molecule has 60 heavy (non-hydrogen) atoms. The smallest absolute Gasteiger partial charge is 0.459 e. The van der Waals surface area contributed by atoms with Crippen molar-refractivity contribution in [1.82, 2.24) is 24.6 Å². The Morgan fingerprint density at radius 2 is 1.55 bits per heavy atom. The zero-order chi connectivity index (χ0) is 42.6. The SMILES string of the molecule is C#C[C@]1(CO[P@](=O)(N[C@@H](Cc2ccccc2)C(=O)OCCCCCCCCCCCCCCCCCC)Oc2ccccc2)O[C@@H](n2cnc3c(N)nc(F)nc32)C[C@@H]1O. The summed E-state index contributed by atoms with van der Waals surface area (Å²) in [6.07, 6.45) is 23.7. The van der Waals surface area contributed by atoms with Crippen molar-refractivity contribution < 1.29 is 37.4 Å². The molecule has 13 nitrogen and oxygen atoms in total. The molecule has 15 heteroatoms. The molecule has 2 aromatic carbocycles. The fourth-order valence-corrected chi connectivity index (χ4v) is 8.90. The Morgan fingerprint density at radius 3 is 2.15 bits per heavy atom. The van der Waals surface area contributed by atoms with Gasteiger partial charge in [-0.05, 0) is 30.5 Å². The number of para-hydroxylation sites is 1. The first-order chi connectivity index (χ1) is 29.1. The maximum absolute atomic E-state index is 14.7. The van der Waals surface area contributed by atoms with Gasteiger partial charge in [0.05, 0.1) is 12.9 Å². The van der Waals surface area contributed by atoms with Crippen molar-refractivity contribution in [3.63, 3.8) is 0 Å². The third-order valence-corrected chi connectivity index (χ3v) is 12.4. The Labute approximate surface area is 354 Å². The predicted octanol–water partition coefficient (Wildman–Crippen LogP) is 9.41. The third kappa shape index (κ3) is 14.1. The Kier molecular flexibility index (Phi) is 18.8. The third-order valence-electron chi connectivity index (χ3n) is 10.8. The maximum atomic E-state index is 14.7. The number of unbranched alkanes of at least 4 members (excludes halogenated alkanes) is 15. The summed E-state index contributed by atoms with van der Waals surface area (Å²) in [5.41, 5.74) is 4.95. The number of nitrogens with zero attached hydrogens (tertiary/aromatic N) is 4. The van der Waals surface area contributed by atoms with Crippen LogP contribution in [-0.2, 0) is 29.8 Å². The molecular formula is C45H62FN6O7P. The number of terminal acetylenes is 1. The average Bonchev–Trinajstić information content (AvgIpc) is 3.82. The summed E-state index contributed by atoms with van der Waals surface area (Å²) >= 11 is 0. The van der Waals surface area contributed by atoms with Crippen LogP contribution < -0.4 is 15.3 Å². The molecule has 0 unspecified atom stereocenters. The van der Waals surface area contributed by atoms with Crippen LogP contribution in [-0.4, -0.2) is 61.6 Å². The minimum Gasteiger partial charge on any atom is -0.465 e. The summed E-state index contributed by atoms with van der Waals surface area (Å²) in [5.74, 6) is 1.86. The van der Waals surface area contributed by atoms with Crippen molar-refractivity contribution in [2.75, 3.05) is 18.9 Å². The van der Waals surface area contributed by atoms with Crippen molar-refractivity contribution >= 4 is 30.7 Å². The molecule has 0 bridgehead atoms. The molecule has 0 amide bonds. The average molecular weight is 849 g/mol. The van der Waals surface area contributed by atoms with E-state index < -0.39 is 50.4 Å². The van der Waals surface area contributed by atoms with Crippen molar-refractivity contribution in [2.24, 2.45) is 0 Å². The number of rotatable bonds is 28. The Hall–Kier alpha value is -4.38. The molecule has 326 valence electrons. The number of esters is 1. The largest absolute Gasteiger partial charge is 0.465 e. The van der Waals surface area contributed by atoms with E-state index in [1.54, 1.807) is 30.3 Å². The zero-order valence-electron chi connectivity index (χ0n) is 34.9. The van der Waals surface area contributed by atoms with Gasteiger partial charge in [-0.3, -0.25) is 13.9 Å². The molecule has 0 aliphatic carbocycles. The number of hydrogen-bond acceptors (Lipinski definition) is 11. The monoisotopic (exact) mass is 848 g/mol. The van der Waals surface area contributed by atoms with E-state index >= 15 is 0 Å². The van der Waals surface area contributed by atoms with Gasteiger partial charge in [0.25, 0.3) is 0 Å². The summed E-state index contributed by atoms with van der Waals surface area (Å²) < 4.78 is 54.1. The summed E-state index contributed by atoms with van der Waals surface area (Å²) in [6, 6.07) is 16.4. The van der Waals surface area contributed by atoms with Crippen LogP contribution in [0.1, 0.15) is 128 Å². The molecule has 5 rings (SSSR count). The normalized spacial score (nSPS) is 19.2. The molecule has 1 aliphatic rings. The molecule has 4 aromatic rings. The molecule has 3 heterocycles. The van der Waals surface area contributed by atoms with Crippen LogP contribution in [0.3, 0.4) is 0 Å². The topological polar surface area (TPSA) is 173 Å². The molecule has 1 fully saturated rings. The second-order valence-corrected chi connectivity index (χ2v) is 17.3. The fourth-order valence-electron chi connectivity index (χ4n) is 7.38. The second-order valence-electron chi connectivity index (χ2n) is 15.6. The first kappa shape index (κ1) is 46.7. The molecule has 4 N–H and O–H groups in total. The van der Waals surface area contributed by atoms with Gasteiger partial charge in [0.15, 0.2) is 22.6 Å². The van der Waals surface area contributed by atoms with E-state index in [1.165, 1.54) is 87.9 Å². The number of nitrogen functional groups attached to an aromatic ring is 1. The van der Waals surface area contributed by atoms with Gasteiger partial charge in [-0.25, -0.2) is 9.55 Å². The Bertz CT molecular complexity index is 1980. The first-order valence-corrected chi connectivity index (χ1v) is 23.2. The number of aromatic nitrogens is 4. The maximum Gasteiger partial charge on any atom is 0.459 e. The number of carbonyl (C=O) groups excluding carboxylic acids is 1. The van der Waals surface area contributed by atoms with E-state index in [4.69, 9.17) is 30.7 Å². The minimum atomic E-state index is -4.48. The number of nitrogens with one attached hydrogen (secondary N) is 1. The number of aliphatic hydroxyl groups excluding tert-OH is 1. The Morgan fingerprint density at radius 1 is 0.967 bits per heavy atom. The van der Waals surface area contributed by atoms with Crippen molar-refractivity contribution in [2.45, 2.75) is 146 Å². The minimum absolute atomic E-state index is 0.0348. The van der Waals surface area contributed by atoms with E-state index in [0.717, 1.165) is 24.8 Å². The fraction of sp³-hybridized carbons (Fsp3) is 0.556. The lowest BCUT2D eigenvalue weighted by Crippen LogP contribution is -2.44. The summed E-state index contributed by atoms with van der Waals surface area (Å²) in [5, 5.41) is 14.1. The van der Waals surface area contributed by atoms with E-state index in [2.05, 4.69) is 32.9 Å². The molecule has 0 saturated carbocycles. The molecule has 0 radical (unpaired) electrons. The quantitative estimate of drug-likeness (QED) is 0.0163. The lowest BCUT2D eigenvalue weighted by atomic mass is 9.99. The number of nitrogens with two attached hydrogens (primary N) is 1. The standard InChI is InChI=1S/C45H62FN6O7P/c1-3-5-6-7-8-9-10-11-12-13-14-15-16-17-18-25-30-56-43(54)37(31-35-26-21-19-22-27-35)51-60(55,59-36-28-23-20-24-29-36)57-33-45(4-2)38(53)32-39(58-45)52-34-48-40-41(47)49-44(46)50-42(40)52/h2,19-24,26-29,34,37-39,53H,3,5-18,25,30-33H2,1H3,(H,51,55)(H2,47,49,50)/t37-,38-,39+,45+,60+/m0/s1. The van der Waals surface area contributed by atoms with Crippen LogP contribution in [0.4, 0.5) is 10.2 Å². The summed E-state index contributed by atoms with van der Waals surface area (Å²) in [4.78, 5) is 25.2. The lowest BCUT2D eigenvalue weighted by molar-refractivity contribution is -0.146. The van der Waals surface area contributed by atoms with Crippen molar-refractivity contribution in [3.05, 3.63) is 78.6 Å². The number of ether oxygens (including phenoxy) is 2. The Balaban J connectivity index is 1.16. The van der Waals surface area contributed by atoms with Gasteiger partial charge >= 0.3 is 19.8 Å². The molecule has 2 aromatic heterocycles. The number of fused-ring (bicyclic) bond motifs is 1. The number of halogens is 1. The van der Waals surface area contributed by atoms with Gasteiger partial charge in [0.2, 0.25) is 0 Å². The second kappa shape index (κ2) is 24.2. The summed E-state index contributed by atoms with van der Waals surface area (Å²) in [6.45, 7) is 1.84. The number of anilines is 1. The number of aliphatic hydroxyl groups is 1. The molecule has 0 spiro atoms. The van der Waals surface area contributed by atoms with Gasteiger partial charge in [0.1, 0.15) is 30.7 Å².